The molecule has 5 heteroatoms. The zero-order valence-electron chi connectivity index (χ0n) is 12.7. The molecular weight excluding hydrogens is 274 g/mol. The molecular formula is C17H19N5. The van der Waals surface area contributed by atoms with Crippen molar-refractivity contribution in [2.45, 2.75) is 39.0 Å². The maximum atomic E-state index is 4.66. The van der Waals surface area contributed by atoms with Crippen LogP contribution in [0, 0.1) is 0 Å². The Bertz CT molecular complexity index is 821. The standard InChI is InChI=1S/C17H19N5/c1-2-12-6-5-7-13(10-12)20-16-14-8-3-4-9-15(14)21-17-18-11-19-22(16)17/h5-7,10-11,20H,2-4,8-9H2,1H3. The van der Waals surface area contributed by atoms with Gasteiger partial charge in [-0.25, -0.2) is 4.98 Å². The first kappa shape index (κ1) is 13.2. The van der Waals surface area contributed by atoms with Gasteiger partial charge in [0.2, 0.25) is 0 Å². The number of benzene rings is 1. The number of rotatable bonds is 3. The summed E-state index contributed by atoms with van der Waals surface area (Å²) in [6.07, 6.45) is 7.09. The van der Waals surface area contributed by atoms with E-state index in [1.807, 2.05) is 4.52 Å². The molecule has 112 valence electrons. The molecule has 1 aromatic carbocycles. The first-order valence-electron chi connectivity index (χ1n) is 7.92. The number of anilines is 2. The SMILES string of the molecule is CCc1cccc(Nc2c3c(nc4ncnn24)CCCC3)c1. The smallest absolute Gasteiger partial charge is 0.254 e. The molecule has 0 aliphatic heterocycles. The zero-order chi connectivity index (χ0) is 14.9. The summed E-state index contributed by atoms with van der Waals surface area (Å²) in [6, 6.07) is 8.53. The van der Waals surface area contributed by atoms with E-state index in [1.165, 1.54) is 29.7 Å². The topological polar surface area (TPSA) is 55.1 Å². The molecule has 1 aliphatic rings. The number of aryl methyl sites for hydroxylation is 2. The van der Waals surface area contributed by atoms with Crippen LogP contribution in [0.4, 0.5) is 11.5 Å². The molecule has 1 N–H and O–H groups in total. The molecule has 0 spiro atoms. The number of hydrogen-bond acceptors (Lipinski definition) is 4. The second-order valence-corrected chi connectivity index (χ2v) is 5.74. The summed E-state index contributed by atoms with van der Waals surface area (Å²) >= 11 is 0. The normalized spacial score (nSPS) is 14.0. The molecule has 3 aromatic rings. The Labute approximate surface area is 129 Å². The highest BCUT2D eigenvalue weighted by molar-refractivity contribution is 5.63. The Morgan fingerprint density at radius 1 is 1.23 bits per heavy atom. The fraction of sp³-hybridized carbons (Fsp3) is 0.353. The van der Waals surface area contributed by atoms with Gasteiger partial charge in [-0.1, -0.05) is 19.1 Å². The Hall–Kier alpha value is -2.43. The van der Waals surface area contributed by atoms with Gasteiger partial charge in [-0.3, -0.25) is 0 Å². The minimum atomic E-state index is 0.676. The van der Waals surface area contributed by atoms with Gasteiger partial charge in [-0.2, -0.15) is 14.6 Å². The van der Waals surface area contributed by atoms with Crippen molar-refractivity contribution in [2.75, 3.05) is 5.32 Å². The summed E-state index contributed by atoms with van der Waals surface area (Å²) in [7, 11) is 0. The lowest BCUT2D eigenvalue weighted by Gasteiger charge is -2.20. The van der Waals surface area contributed by atoms with Gasteiger partial charge < -0.3 is 5.32 Å². The third-order valence-electron chi connectivity index (χ3n) is 4.30. The Kier molecular flexibility index (Phi) is 3.25. The van der Waals surface area contributed by atoms with Crippen LogP contribution in [-0.2, 0) is 19.3 Å². The molecule has 4 rings (SSSR count). The van der Waals surface area contributed by atoms with Crippen molar-refractivity contribution in [1.29, 1.82) is 0 Å². The fourth-order valence-corrected chi connectivity index (χ4v) is 3.12. The Morgan fingerprint density at radius 3 is 3.05 bits per heavy atom. The lowest BCUT2D eigenvalue weighted by Crippen LogP contribution is -2.13. The Morgan fingerprint density at radius 2 is 2.14 bits per heavy atom. The summed E-state index contributed by atoms with van der Waals surface area (Å²) in [5.74, 6) is 1.69. The van der Waals surface area contributed by atoms with Gasteiger partial charge in [0, 0.05) is 11.3 Å². The summed E-state index contributed by atoms with van der Waals surface area (Å²) in [5.41, 5.74) is 4.87. The Balaban J connectivity index is 1.84. The van der Waals surface area contributed by atoms with E-state index in [2.05, 4.69) is 51.6 Å². The van der Waals surface area contributed by atoms with Crippen LogP contribution in [0.3, 0.4) is 0 Å². The number of nitrogens with one attached hydrogen (secondary N) is 1. The highest BCUT2D eigenvalue weighted by Gasteiger charge is 2.19. The van der Waals surface area contributed by atoms with E-state index in [9.17, 15) is 0 Å². The van der Waals surface area contributed by atoms with Gasteiger partial charge >= 0.3 is 0 Å². The highest BCUT2D eigenvalue weighted by atomic mass is 15.4. The average molecular weight is 293 g/mol. The lowest BCUT2D eigenvalue weighted by atomic mass is 9.96. The third kappa shape index (κ3) is 2.22. The molecule has 2 heterocycles. The molecule has 0 saturated carbocycles. The minimum absolute atomic E-state index is 0.676. The number of nitrogens with zero attached hydrogens (tertiary/aromatic N) is 4. The molecule has 0 radical (unpaired) electrons. The molecule has 0 saturated heterocycles. The van der Waals surface area contributed by atoms with Crippen LogP contribution in [0.2, 0.25) is 0 Å². The molecule has 0 amide bonds. The van der Waals surface area contributed by atoms with Crippen LogP contribution >= 0.6 is 0 Å². The molecule has 2 aromatic heterocycles. The second-order valence-electron chi connectivity index (χ2n) is 5.74. The van der Waals surface area contributed by atoms with Gasteiger partial charge in [-0.05, 0) is 49.8 Å². The van der Waals surface area contributed by atoms with Crippen molar-refractivity contribution in [1.82, 2.24) is 19.6 Å². The highest BCUT2D eigenvalue weighted by Crippen LogP contribution is 2.29. The van der Waals surface area contributed by atoms with Gasteiger partial charge in [-0.15, -0.1) is 0 Å². The fourth-order valence-electron chi connectivity index (χ4n) is 3.12. The van der Waals surface area contributed by atoms with Gasteiger partial charge in [0.05, 0.1) is 5.69 Å². The van der Waals surface area contributed by atoms with Gasteiger partial charge in [0.15, 0.2) is 0 Å². The summed E-state index contributed by atoms with van der Waals surface area (Å²) < 4.78 is 1.82. The van der Waals surface area contributed by atoms with Crippen molar-refractivity contribution in [2.24, 2.45) is 0 Å². The van der Waals surface area contributed by atoms with Crippen LogP contribution in [-0.4, -0.2) is 19.6 Å². The van der Waals surface area contributed by atoms with Crippen molar-refractivity contribution in [3.8, 4) is 0 Å². The first-order valence-corrected chi connectivity index (χ1v) is 7.92. The molecule has 1 aliphatic carbocycles. The van der Waals surface area contributed by atoms with E-state index in [1.54, 1.807) is 6.33 Å². The minimum Gasteiger partial charge on any atom is -0.340 e. The maximum Gasteiger partial charge on any atom is 0.254 e. The summed E-state index contributed by atoms with van der Waals surface area (Å²) in [5, 5.41) is 7.90. The zero-order valence-corrected chi connectivity index (χ0v) is 12.7. The third-order valence-corrected chi connectivity index (χ3v) is 4.30. The largest absolute Gasteiger partial charge is 0.340 e. The lowest BCUT2D eigenvalue weighted by molar-refractivity contribution is 0.662. The van der Waals surface area contributed by atoms with Crippen molar-refractivity contribution in [3.05, 3.63) is 47.4 Å². The van der Waals surface area contributed by atoms with Crippen LogP contribution in [0.25, 0.3) is 5.78 Å². The molecule has 0 fully saturated rings. The summed E-state index contributed by atoms with van der Waals surface area (Å²) in [4.78, 5) is 8.92. The molecule has 5 nitrogen and oxygen atoms in total. The van der Waals surface area contributed by atoms with E-state index < -0.39 is 0 Å². The number of hydrogen-bond donors (Lipinski definition) is 1. The van der Waals surface area contributed by atoms with Crippen LogP contribution in [0.1, 0.15) is 36.6 Å². The molecule has 0 bridgehead atoms. The van der Waals surface area contributed by atoms with Gasteiger partial charge in [0.1, 0.15) is 12.1 Å². The molecule has 0 atom stereocenters. The monoisotopic (exact) mass is 293 g/mol. The predicted molar refractivity (Wildman–Crippen MR) is 86.5 cm³/mol. The van der Waals surface area contributed by atoms with E-state index in [-0.39, 0.29) is 0 Å². The predicted octanol–water partition coefficient (Wildman–Crippen LogP) is 3.31. The number of fused-ring (bicyclic) bond motifs is 2. The van der Waals surface area contributed by atoms with E-state index >= 15 is 0 Å². The van der Waals surface area contributed by atoms with Crippen LogP contribution < -0.4 is 5.32 Å². The van der Waals surface area contributed by atoms with E-state index in [0.717, 1.165) is 30.8 Å². The first-order chi connectivity index (χ1) is 10.8. The van der Waals surface area contributed by atoms with Crippen molar-refractivity contribution >= 4 is 17.3 Å². The van der Waals surface area contributed by atoms with Crippen molar-refractivity contribution in [3.63, 3.8) is 0 Å². The van der Waals surface area contributed by atoms with Gasteiger partial charge in [0.25, 0.3) is 5.78 Å². The van der Waals surface area contributed by atoms with E-state index in [0.29, 0.717) is 5.78 Å². The molecule has 22 heavy (non-hydrogen) atoms. The second kappa shape index (κ2) is 5.40. The average Bonchev–Trinajstić information content (AvgIpc) is 3.03. The summed E-state index contributed by atoms with van der Waals surface area (Å²) in [6.45, 7) is 2.17. The van der Waals surface area contributed by atoms with E-state index in [4.69, 9.17) is 0 Å². The van der Waals surface area contributed by atoms with Crippen molar-refractivity contribution < 1.29 is 0 Å². The van der Waals surface area contributed by atoms with Crippen LogP contribution in [0.15, 0.2) is 30.6 Å². The maximum absolute atomic E-state index is 4.66. The van der Waals surface area contributed by atoms with Crippen LogP contribution in [0.5, 0.6) is 0 Å². The molecule has 0 unspecified atom stereocenters. The quantitative estimate of drug-likeness (QED) is 0.805. The number of aromatic nitrogens is 4.